The third-order valence-corrected chi connectivity index (χ3v) is 3.36. The summed E-state index contributed by atoms with van der Waals surface area (Å²) in [5, 5.41) is 12.4. The van der Waals surface area contributed by atoms with Crippen LogP contribution in [0.15, 0.2) is 18.2 Å². The van der Waals surface area contributed by atoms with Gasteiger partial charge in [0.25, 0.3) is 0 Å². The van der Waals surface area contributed by atoms with Crippen molar-refractivity contribution in [1.82, 2.24) is 5.32 Å². The Morgan fingerprint density at radius 3 is 3.00 bits per heavy atom. The van der Waals surface area contributed by atoms with E-state index in [1.807, 2.05) is 25.1 Å². The number of nitriles is 1. The minimum Gasteiger partial charge on any atom is -0.487 e. The second-order valence-corrected chi connectivity index (χ2v) is 4.69. The molecule has 0 amide bonds. The van der Waals surface area contributed by atoms with Gasteiger partial charge in [0.05, 0.1) is 5.56 Å². The molecule has 2 atom stereocenters. The number of nitrogens with one attached hydrogen (secondary N) is 1. The van der Waals surface area contributed by atoms with Crippen molar-refractivity contribution in [2.45, 2.75) is 26.4 Å². The van der Waals surface area contributed by atoms with E-state index in [-0.39, 0.29) is 6.10 Å². The molecule has 1 aromatic carbocycles. The number of hydrogen-bond acceptors (Lipinski definition) is 3. The van der Waals surface area contributed by atoms with Gasteiger partial charge in [-0.1, -0.05) is 19.1 Å². The van der Waals surface area contributed by atoms with Crippen LogP contribution in [0.2, 0.25) is 0 Å². The van der Waals surface area contributed by atoms with Crippen LogP contribution < -0.4 is 10.1 Å². The molecule has 90 valence electrons. The standard InChI is InChI=1S/C14H18N2O/c1-10-6-7-16-9-13(10)17-14-11(2)4-3-5-12(14)8-15/h3-5,10,13,16H,6-7,9H2,1-2H3. The van der Waals surface area contributed by atoms with E-state index in [0.717, 1.165) is 30.8 Å². The van der Waals surface area contributed by atoms with E-state index < -0.39 is 0 Å². The molecule has 1 saturated heterocycles. The van der Waals surface area contributed by atoms with Crippen molar-refractivity contribution in [2.75, 3.05) is 13.1 Å². The van der Waals surface area contributed by atoms with Crippen LogP contribution in [0.4, 0.5) is 0 Å². The van der Waals surface area contributed by atoms with Crippen molar-refractivity contribution < 1.29 is 4.74 Å². The Morgan fingerprint density at radius 1 is 1.47 bits per heavy atom. The molecule has 1 N–H and O–H groups in total. The van der Waals surface area contributed by atoms with E-state index in [0.29, 0.717) is 11.5 Å². The van der Waals surface area contributed by atoms with Gasteiger partial charge in [0, 0.05) is 6.54 Å². The third kappa shape index (κ3) is 2.59. The smallest absolute Gasteiger partial charge is 0.140 e. The van der Waals surface area contributed by atoms with Crippen LogP contribution in [-0.4, -0.2) is 19.2 Å². The van der Waals surface area contributed by atoms with E-state index in [1.165, 1.54) is 0 Å². The summed E-state index contributed by atoms with van der Waals surface area (Å²) >= 11 is 0. The predicted octanol–water partition coefficient (Wildman–Crippen LogP) is 2.24. The van der Waals surface area contributed by atoms with Gasteiger partial charge in [-0.2, -0.15) is 5.26 Å². The molecule has 17 heavy (non-hydrogen) atoms. The monoisotopic (exact) mass is 230 g/mol. The number of ether oxygens (including phenoxy) is 1. The summed E-state index contributed by atoms with van der Waals surface area (Å²) in [6.45, 7) is 6.10. The molecule has 2 unspecified atom stereocenters. The summed E-state index contributed by atoms with van der Waals surface area (Å²) in [7, 11) is 0. The highest BCUT2D eigenvalue weighted by molar-refractivity contribution is 5.48. The highest BCUT2D eigenvalue weighted by Gasteiger charge is 2.24. The number of para-hydroxylation sites is 1. The summed E-state index contributed by atoms with van der Waals surface area (Å²) in [5.74, 6) is 1.28. The Hall–Kier alpha value is -1.53. The predicted molar refractivity (Wildman–Crippen MR) is 67.0 cm³/mol. The van der Waals surface area contributed by atoms with Gasteiger partial charge in [0.2, 0.25) is 0 Å². The first kappa shape index (κ1) is 11.9. The lowest BCUT2D eigenvalue weighted by atomic mass is 9.97. The molecule has 0 saturated carbocycles. The molecule has 0 aromatic heterocycles. The van der Waals surface area contributed by atoms with Crippen LogP contribution in [0.5, 0.6) is 5.75 Å². The molecule has 3 nitrogen and oxygen atoms in total. The lowest BCUT2D eigenvalue weighted by Crippen LogP contribution is -2.43. The van der Waals surface area contributed by atoms with Crippen molar-refractivity contribution in [3.05, 3.63) is 29.3 Å². The molecule has 1 heterocycles. The Labute approximate surface area is 102 Å². The van der Waals surface area contributed by atoms with Crippen LogP contribution in [0.1, 0.15) is 24.5 Å². The molecule has 0 spiro atoms. The van der Waals surface area contributed by atoms with Crippen molar-refractivity contribution in [1.29, 1.82) is 5.26 Å². The van der Waals surface area contributed by atoms with Crippen LogP contribution >= 0.6 is 0 Å². The average molecular weight is 230 g/mol. The molecular formula is C14H18N2O. The van der Waals surface area contributed by atoms with Gasteiger partial charge >= 0.3 is 0 Å². The maximum atomic E-state index is 9.09. The fourth-order valence-electron chi connectivity index (χ4n) is 2.17. The topological polar surface area (TPSA) is 45.0 Å². The molecular weight excluding hydrogens is 212 g/mol. The van der Waals surface area contributed by atoms with Crippen LogP contribution in [-0.2, 0) is 0 Å². The van der Waals surface area contributed by atoms with Crippen molar-refractivity contribution in [3.63, 3.8) is 0 Å². The van der Waals surface area contributed by atoms with Crippen molar-refractivity contribution >= 4 is 0 Å². The Kier molecular flexibility index (Phi) is 3.65. The number of nitrogens with zero attached hydrogens (tertiary/aromatic N) is 1. The molecule has 2 rings (SSSR count). The summed E-state index contributed by atoms with van der Waals surface area (Å²) in [6.07, 6.45) is 1.29. The molecule has 1 aromatic rings. The van der Waals surface area contributed by atoms with E-state index in [9.17, 15) is 0 Å². The number of rotatable bonds is 2. The summed E-state index contributed by atoms with van der Waals surface area (Å²) in [6, 6.07) is 7.88. The second-order valence-electron chi connectivity index (χ2n) is 4.69. The van der Waals surface area contributed by atoms with Gasteiger partial charge in [0.15, 0.2) is 0 Å². The maximum Gasteiger partial charge on any atom is 0.140 e. The zero-order valence-corrected chi connectivity index (χ0v) is 10.4. The zero-order valence-electron chi connectivity index (χ0n) is 10.4. The van der Waals surface area contributed by atoms with Crippen LogP contribution in [0.25, 0.3) is 0 Å². The van der Waals surface area contributed by atoms with E-state index >= 15 is 0 Å². The normalized spacial score (nSPS) is 24.1. The molecule has 1 aliphatic rings. The number of hydrogen-bond donors (Lipinski definition) is 1. The summed E-state index contributed by atoms with van der Waals surface area (Å²) in [5.41, 5.74) is 1.66. The largest absolute Gasteiger partial charge is 0.487 e. The number of piperidine rings is 1. The lowest BCUT2D eigenvalue weighted by Gasteiger charge is -2.30. The van der Waals surface area contributed by atoms with Gasteiger partial charge in [-0.15, -0.1) is 0 Å². The highest BCUT2D eigenvalue weighted by Crippen LogP contribution is 2.26. The molecule has 0 aliphatic carbocycles. The van der Waals surface area contributed by atoms with Gasteiger partial charge < -0.3 is 10.1 Å². The summed E-state index contributed by atoms with van der Waals surface area (Å²) < 4.78 is 6.04. The first-order chi connectivity index (χ1) is 8.22. The number of benzene rings is 1. The summed E-state index contributed by atoms with van der Waals surface area (Å²) in [4.78, 5) is 0. The van der Waals surface area contributed by atoms with Gasteiger partial charge in [-0.3, -0.25) is 0 Å². The average Bonchev–Trinajstić information content (AvgIpc) is 2.34. The molecule has 1 fully saturated rings. The Bertz CT molecular complexity index is 436. The molecule has 3 heteroatoms. The van der Waals surface area contributed by atoms with Crippen molar-refractivity contribution in [2.24, 2.45) is 5.92 Å². The molecule has 0 bridgehead atoms. The van der Waals surface area contributed by atoms with Crippen molar-refractivity contribution in [3.8, 4) is 11.8 Å². The van der Waals surface area contributed by atoms with Gasteiger partial charge in [-0.25, -0.2) is 0 Å². The molecule has 0 radical (unpaired) electrons. The second kappa shape index (κ2) is 5.20. The van der Waals surface area contributed by atoms with Crippen LogP contribution in [0, 0.1) is 24.2 Å². The van der Waals surface area contributed by atoms with Gasteiger partial charge in [-0.05, 0) is 37.4 Å². The van der Waals surface area contributed by atoms with E-state index in [2.05, 4.69) is 18.3 Å². The number of aryl methyl sites for hydroxylation is 1. The lowest BCUT2D eigenvalue weighted by molar-refractivity contribution is 0.114. The molecule has 1 aliphatic heterocycles. The maximum absolute atomic E-state index is 9.09. The Balaban J connectivity index is 2.20. The first-order valence-corrected chi connectivity index (χ1v) is 6.09. The fraction of sp³-hybridized carbons (Fsp3) is 0.500. The SMILES string of the molecule is Cc1cccc(C#N)c1OC1CNCCC1C. The van der Waals surface area contributed by atoms with E-state index in [1.54, 1.807) is 0 Å². The zero-order chi connectivity index (χ0) is 12.3. The minimum atomic E-state index is 0.164. The first-order valence-electron chi connectivity index (χ1n) is 6.09. The van der Waals surface area contributed by atoms with E-state index in [4.69, 9.17) is 10.00 Å². The van der Waals surface area contributed by atoms with Gasteiger partial charge in [0.1, 0.15) is 17.9 Å². The highest BCUT2D eigenvalue weighted by atomic mass is 16.5. The third-order valence-electron chi connectivity index (χ3n) is 3.36. The quantitative estimate of drug-likeness (QED) is 0.847. The fourth-order valence-corrected chi connectivity index (χ4v) is 2.17. The van der Waals surface area contributed by atoms with Crippen LogP contribution in [0.3, 0.4) is 0 Å². The Morgan fingerprint density at radius 2 is 2.29 bits per heavy atom. The minimum absolute atomic E-state index is 0.164.